The third-order valence-corrected chi connectivity index (χ3v) is 6.96. The van der Waals surface area contributed by atoms with Crippen molar-refractivity contribution in [3.63, 3.8) is 0 Å². The number of carbonyl (C=O) groups is 2. The molecular formula is C20H28N2O4S. The molecule has 1 saturated carbocycles. The van der Waals surface area contributed by atoms with Gasteiger partial charge in [0.05, 0.1) is 17.6 Å². The zero-order chi connectivity index (χ0) is 18.9. The Morgan fingerprint density at radius 2 is 2.15 bits per heavy atom. The van der Waals surface area contributed by atoms with Gasteiger partial charge in [-0.25, -0.2) is 0 Å². The third-order valence-electron chi connectivity index (χ3n) is 6.10. The van der Waals surface area contributed by atoms with Gasteiger partial charge in [-0.15, -0.1) is 11.3 Å². The third kappa shape index (κ3) is 3.77. The van der Waals surface area contributed by atoms with Crippen LogP contribution in [-0.2, 0) is 14.3 Å². The van der Waals surface area contributed by atoms with Gasteiger partial charge < -0.3 is 14.8 Å². The maximum absolute atomic E-state index is 13.3. The quantitative estimate of drug-likeness (QED) is 0.856. The zero-order valence-corrected chi connectivity index (χ0v) is 16.6. The Morgan fingerprint density at radius 3 is 2.81 bits per heavy atom. The van der Waals surface area contributed by atoms with E-state index in [0.29, 0.717) is 17.3 Å². The van der Waals surface area contributed by atoms with E-state index in [-0.39, 0.29) is 24.5 Å². The van der Waals surface area contributed by atoms with Crippen LogP contribution in [0.2, 0.25) is 0 Å². The molecule has 6 nitrogen and oxygen atoms in total. The molecule has 2 unspecified atom stereocenters. The van der Waals surface area contributed by atoms with Crippen molar-refractivity contribution in [2.24, 2.45) is 5.92 Å². The molecule has 0 aromatic carbocycles. The number of amides is 2. The Labute approximate surface area is 164 Å². The summed E-state index contributed by atoms with van der Waals surface area (Å²) in [4.78, 5) is 28.6. The minimum Gasteiger partial charge on any atom is -0.376 e. The molecule has 1 spiro atoms. The van der Waals surface area contributed by atoms with Crippen molar-refractivity contribution >= 4 is 23.2 Å². The Morgan fingerprint density at radius 1 is 1.33 bits per heavy atom. The fourth-order valence-corrected chi connectivity index (χ4v) is 5.10. The lowest BCUT2D eigenvalue weighted by Gasteiger charge is -2.42. The van der Waals surface area contributed by atoms with E-state index in [9.17, 15) is 9.59 Å². The fraction of sp³-hybridized carbons (Fsp3) is 0.700. The van der Waals surface area contributed by atoms with E-state index in [2.05, 4.69) is 12.2 Å². The second-order valence-electron chi connectivity index (χ2n) is 7.99. The molecule has 27 heavy (non-hydrogen) atoms. The molecule has 2 aliphatic heterocycles. The van der Waals surface area contributed by atoms with Gasteiger partial charge in [0.1, 0.15) is 11.8 Å². The van der Waals surface area contributed by atoms with Gasteiger partial charge in [0, 0.05) is 13.2 Å². The van der Waals surface area contributed by atoms with E-state index in [0.717, 1.165) is 45.1 Å². The highest BCUT2D eigenvalue weighted by Gasteiger charge is 2.53. The summed E-state index contributed by atoms with van der Waals surface area (Å²) in [5.74, 6) is 0.408. The Kier molecular flexibility index (Phi) is 5.53. The van der Waals surface area contributed by atoms with E-state index in [4.69, 9.17) is 9.47 Å². The predicted octanol–water partition coefficient (Wildman–Crippen LogP) is 2.79. The van der Waals surface area contributed by atoms with Crippen LogP contribution in [-0.4, -0.2) is 54.3 Å². The average Bonchev–Trinajstić information content (AvgIpc) is 3.43. The first-order chi connectivity index (χ1) is 13.1. The van der Waals surface area contributed by atoms with Crippen LogP contribution in [0.1, 0.15) is 55.1 Å². The Balaban J connectivity index is 1.52. The van der Waals surface area contributed by atoms with E-state index < -0.39 is 11.8 Å². The van der Waals surface area contributed by atoms with Crippen molar-refractivity contribution in [3.8, 4) is 0 Å². The number of thiophene rings is 1. The van der Waals surface area contributed by atoms with Crippen LogP contribution in [0, 0.1) is 5.92 Å². The van der Waals surface area contributed by atoms with E-state index >= 15 is 0 Å². The second-order valence-corrected chi connectivity index (χ2v) is 8.94. The van der Waals surface area contributed by atoms with Gasteiger partial charge >= 0.3 is 0 Å². The summed E-state index contributed by atoms with van der Waals surface area (Å²) in [5.41, 5.74) is -0.639. The number of rotatable bonds is 4. The van der Waals surface area contributed by atoms with Gasteiger partial charge in [-0.3, -0.25) is 14.5 Å². The van der Waals surface area contributed by atoms with Gasteiger partial charge in [0.25, 0.3) is 5.91 Å². The summed E-state index contributed by atoms with van der Waals surface area (Å²) in [5, 5.41) is 4.89. The van der Waals surface area contributed by atoms with Crippen LogP contribution in [0.25, 0.3) is 0 Å². The summed E-state index contributed by atoms with van der Waals surface area (Å²) in [6.45, 7) is 3.76. The van der Waals surface area contributed by atoms with Gasteiger partial charge in [0.15, 0.2) is 0 Å². The number of nitrogens with one attached hydrogen (secondary N) is 1. The molecule has 1 N–H and O–H groups in total. The van der Waals surface area contributed by atoms with Crippen molar-refractivity contribution in [1.29, 1.82) is 0 Å². The Bertz CT molecular complexity index is 664. The van der Waals surface area contributed by atoms with Crippen LogP contribution in [0.5, 0.6) is 0 Å². The fourth-order valence-electron chi connectivity index (χ4n) is 4.44. The standard InChI is InChI=1S/C20H28N2O4S/c1-14-6-8-20(9-7-14)22(19(24)17-5-3-11-27-17)16(13-26-20)18(23)21-12-15-4-2-10-25-15/h3,5,11,14-16H,2,4,6-10,12-13H2,1H3,(H,21,23). The lowest BCUT2D eigenvalue weighted by atomic mass is 9.83. The van der Waals surface area contributed by atoms with E-state index in [1.54, 1.807) is 4.90 Å². The van der Waals surface area contributed by atoms with Gasteiger partial charge in [-0.2, -0.15) is 0 Å². The van der Waals surface area contributed by atoms with Crippen LogP contribution in [0.4, 0.5) is 0 Å². The molecule has 2 saturated heterocycles. The monoisotopic (exact) mass is 392 g/mol. The average molecular weight is 393 g/mol. The van der Waals surface area contributed by atoms with Gasteiger partial charge in [-0.1, -0.05) is 13.0 Å². The molecular weight excluding hydrogens is 364 g/mol. The molecule has 1 aromatic heterocycles. The molecule has 2 atom stereocenters. The van der Waals surface area contributed by atoms with Gasteiger partial charge in [-0.05, 0) is 55.9 Å². The van der Waals surface area contributed by atoms with E-state index in [1.807, 2.05) is 17.5 Å². The summed E-state index contributed by atoms with van der Waals surface area (Å²) in [6, 6.07) is 3.12. The van der Waals surface area contributed by atoms with Crippen LogP contribution >= 0.6 is 11.3 Å². The lowest BCUT2D eigenvalue weighted by molar-refractivity contribution is -0.128. The van der Waals surface area contributed by atoms with Crippen LogP contribution in [0.3, 0.4) is 0 Å². The van der Waals surface area contributed by atoms with Crippen molar-refractivity contribution in [2.45, 2.75) is 63.3 Å². The molecule has 3 heterocycles. The smallest absolute Gasteiger partial charge is 0.266 e. The maximum atomic E-state index is 13.3. The van der Waals surface area contributed by atoms with E-state index in [1.165, 1.54) is 11.3 Å². The molecule has 7 heteroatoms. The largest absolute Gasteiger partial charge is 0.376 e. The number of hydrogen-bond donors (Lipinski definition) is 1. The summed E-state index contributed by atoms with van der Waals surface area (Å²) in [7, 11) is 0. The predicted molar refractivity (Wildman–Crippen MR) is 103 cm³/mol. The van der Waals surface area contributed by atoms with Crippen LogP contribution in [0.15, 0.2) is 17.5 Å². The van der Waals surface area contributed by atoms with Crippen molar-refractivity contribution in [1.82, 2.24) is 10.2 Å². The minimum atomic E-state index is -0.639. The maximum Gasteiger partial charge on any atom is 0.266 e. The summed E-state index contributed by atoms with van der Waals surface area (Å²) >= 11 is 1.41. The SMILES string of the molecule is CC1CCC2(CC1)OCC(C(=O)NCC1CCCO1)N2C(=O)c1cccs1. The summed E-state index contributed by atoms with van der Waals surface area (Å²) in [6.07, 6.45) is 5.71. The highest BCUT2D eigenvalue weighted by Crippen LogP contribution is 2.43. The molecule has 1 aliphatic carbocycles. The molecule has 1 aromatic rings. The van der Waals surface area contributed by atoms with Crippen LogP contribution < -0.4 is 5.32 Å². The Hall–Kier alpha value is -1.44. The molecule has 3 fully saturated rings. The number of nitrogens with zero attached hydrogens (tertiary/aromatic N) is 1. The van der Waals surface area contributed by atoms with Crippen molar-refractivity contribution < 1.29 is 19.1 Å². The minimum absolute atomic E-state index is 0.0854. The number of carbonyl (C=O) groups excluding carboxylic acids is 2. The molecule has 2 amide bonds. The number of ether oxygens (including phenoxy) is 2. The van der Waals surface area contributed by atoms with Crippen molar-refractivity contribution in [2.75, 3.05) is 19.8 Å². The lowest BCUT2D eigenvalue weighted by Crippen LogP contribution is -2.57. The highest BCUT2D eigenvalue weighted by atomic mass is 32.1. The van der Waals surface area contributed by atoms with Crippen molar-refractivity contribution in [3.05, 3.63) is 22.4 Å². The molecule has 3 aliphatic rings. The topological polar surface area (TPSA) is 67.9 Å². The molecule has 4 rings (SSSR count). The number of hydrogen-bond acceptors (Lipinski definition) is 5. The second kappa shape index (κ2) is 7.89. The normalized spacial score (nSPS) is 33.5. The van der Waals surface area contributed by atoms with Gasteiger partial charge in [0.2, 0.25) is 5.91 Å². The molecule has 148 valence electrons. The highest BCUT2D eigenvalue weighted by molar-refractivity contribution is 7.12. The summed E-state index contributed by atoms with van der Waals surface area (Å²) < 4.78 is 11.8. The first-order valence-electron chi connectivity index (χ1n) is 9.99. The molecule has 0 bridgehead atoms. The first kappa shape index (κ1) is 18.9. The molecule has 0 radical (unpaired) electrons. The zero-order valence-electron chi connectivity index (χ0n) is 15.8. The first-order valence-corrected chi connectivity index (χ1v) is 10.9.